The van der Waals surface area contributed by atoms with Gasteiger partial charge in [0.1, 0.15) is 0 Å². The molecule has 0 N–H and O–H groups in total. The van der Waals surface area contributed by atoms with Gasteiger partial charge in [0.15, 0.2) is 0 Å². The lowest BCUT2D eigenvalue weighted by molar-refractivity contribution is -0.128. The third-order valence-corrected chi connectivity index (χ3v) is 2.20. The molecule has 0 saturated carbocycles. The molecule has 1 aliphatic rings. The molecular weight excluding hydrogens is 126 g/mol. The minimum Gasteiger partial charge on any atom is -0.295 e. The van der Waals surface area contributed by atoms with E-state index in [0.717, 1.165) is 0 Å². The van der Waals surface area contributed by atoms with Crippen LogP contribution in [0.3, 0.4) is 0 Å². The van der Waals surface area contributed by atoms with Crippen LogP contribution in [0.15, 0.2) is 0 Å². The number of hydrogen-bond donors (Lipinski definition) is 0. The summed E-state index contributed by atoms with van der Waals surface area (Å²) in [6.45, 7) is 10.7. The smallest absolute Gasteiger partial charge is 0.0737 e. The molecular formula is C8H17NO. The fourth-order valence-corrected chi connectivity index (χ4v) is 1.10. The summed E-state index contributed by atoms with van der Waals surface area (Å²) in [6.07, 6.45) is 0.309. The predicted octanol–water partition coefficient (Wildman–Crippen LogP) is 1.81. The van der Waals surface area contributed by atoms with Crippen LogP contribution in [0.5, 0.6) is 0 Å². The molecule has 1 fully saturated rings. The van der Waals surface area contributed by atoms with Gasteiger partial charge in [0.25, 0.3) is 0 Å². The first-order valence-electron chi connectivity index (χ1n) is 3.92. The highest BCUT2D eigenvalue weighted by molar-refractivity contribution is 5.03. The summed E-state index contributed by atoms with van der Waals surface area (Å²) in [4.78, 5) is 5.52. The summed E-state index contributed by atoms with van der Waals surface area (Å²) in [6, 6.07) is 0.579. The summed E-state index contributed by atoms with van der Waals surface area (Å²) in [5, 5.41) is 2.05. The highest BCUT2D eigenvalue weighted by atomic mass is 16.7. The number of hydroxylamine groups is 2. The summed E-state index contributed by atoms with van der Waals surface area (Å²) >= 11 is 0. The van der Waals surface area contributed by atoms with Gasteiger partial charge in [-0.1, -0.05) is 0 Å². The monoisotopic (exact) mass is 143 g/mol. The molecule has 0 aromatic heterocycles. The average molecular weight is 143 g/mol. The second-order valence-electron chi connectivity index (χ2n) is 3.81. The Labute approximate surface area is 63.1 Å². The maximum absolute atomic E-state index is 5.52. The highest BCUT2D eigenvalue weighted by Crippen LogP contribution is 2.40. The van der Waals surface area contributed by atoms with Gasteiger partial charge in [0.2, 0.25) is 0 Å². The molecule has 10 heavy (non-hydrogen) atoms. The fraction of sp³-hybridized carbons (Fsp3) is 1.00. The van der Waals surface area contributed by atoms with Crippen LogP contribution in [0.1, 0.15) is 34.6 Å². The lowest BCUT2D eigenvalue weighted by Gasteiger charge is -2.09. The van der Waals surface area contributed by atoms with Crippen molar-refractivity contribution in [1.29, 1.82) is 0 Å². The molecule has 1 heterocycles. The third-order valence-electron chi connectivity index (χ3n) is 2.20. The zero-order valence-corrected chi connectivity index (χ0v) is 7.51. The van der Waals surface area contributed by atoms with Crippen molar-refractivity contribution in [2.75, 3.05) is 0 Å². The molecule has 0 amide bonds. The molecule has 0 aliphatic carbocycles. The van der Waals surface area contributed by atoms with E-state index in [1.54, 1.807) is 0 Å². The van der Waals surface area contributed by atoms with E-state index < -0.39 is 0 Å². The van der Waals surface area contributed by atoms with Crippen LogP contribution >= 0.6 is 0 Å². The van der Waals surface area contributed by atoms with E-state index in [1.807, 2.05) is 0 Å². The van der Waals surface area contributed by atoms with Crippen LogP contribution in [0, 0.1) is 0 Å². The topological polar surface area (TPSA) is 12.2 Å². The van der Waals surface area contributed by atoms with Crippen LogP contribution in [-0.2, 0) is 4.84 Å². The van der Waals surface area contributed by atoms with E-state index in [0.29, 0.717) is 12.1 Å². The van der Waals surface area contributed by atoms with Gasteiger partial charge in [-0.25, -0.2) is 0 Å². The summed E-state index contributed by atoms with van der Waals surface area (Å²) in [5.74, 6) is 0. The molecule has 1 saturated heterocycles. The Morgan fingerprint density at radius 1 is 1.40 bits per heavy atom. The molecule has 0 bridgehead atoms. The van der Waals surface area contributed by atoms with Crippen molar-refractivity contribution in [2.45, 2.75) is 52.3 Å². The standard InChI is InChI=1S/C8H17NO/c1-6(2)10-9-7(3)8(9,4)5/h6-7H,1-5H3. The molecule has 0 aromatic carbocycles. The molecule has 2 nitrogen and oxygen atoms in total. The average Bonchev–Trinajstić information content (AvgIpc) is 2.17. The molecule has 0 spiro atoms. The minimum atomic E-state index is 0.268. The summed E-state index contributed by atoms with van der Waals surface area (Å²) < 4.78 is 0. The lowest BCUT2D eigenvalue weighted by atomic mass is 10.2. The first-order valence-corrected chi connectivity index (χ1v) is 3.92. The summed E-state index contributed by atoms with van der Waals surface area (Å²) in [5.41, 5.74) is 0.268. The first kappa shape index (κ1) is 8.02. The van der Waals surface area contributed by atoms with Crippen molar-refractivity contribution in [3.05, 3.63) is 0 Å². The second-order valence-corrected chi connectivity index (χ2v) is 3.81. The largest absolute Gasteiger partial charge is 0.295 e. The van der Waals surface area contributed by atoms with Crippen molar-refractivity contribution < 1.29 is 4.84 Å². The van der Waals surface area contributed by atoms with Crippen LogP contribution in [0.4, 0.5) is 0 Å². The van der Waals surface area contributed by atoms with Crippen molar-refractivity contribution in [1.82, 2.24) is 5.06 Å². The Morgan fingerprint density at radius 2 is 1.80 bits per heavy atom. The second kappa shape index (κ2) is 2.21. The van der Waals surface area contributed by atoms with E-state index in [4.69, 9.17) is 4.84 Å². The van der Waals surface area contributed by atoms with Crippen molar-refractivity contribution in [3.8, 4) is 0 Å². The molecule has 60 valence electrons. The van der Waals surface area contributed by atoms with Gasteiger partial charge in [-0.2, -0.15) is 5.06 Å². The number of rotatable bonds is 2. The SMILES string of the molecule is CC(C)ON1C(C)C1(C)C. The van der Waals surface area contributed by atoms with Crippen LogP contribution < -0.4 is 0 Å². The molecule has 0 aromatic rings. The van der Waals surface area contributed by atoms with E-state index in [9.17, 15) is 0 Å². The van der Waals surface area contributed by atoms with Gasteiger partial charge in [-0.05, 0) is 34.6 Å². The molecule has 0 radical (unpaired) electrons. The van der Waals surface area contributed by atoms with Crippen LogP contribution in [0.25, 0.3) is 0 Å². The predicted molar refractivity (Wildman–Crippen MR) is 41.6 cm³/mol. The third kappa shape index (κ3) is 1.18. The van der Waals surface area contributed by atoms with Gasteiger partial charge < -0.3 is 0 Å². The van der Waals surface area contributed by atoms with E-state index in [1.165, 1.54) is 0 Å². The Balaban J connectivity index is 2.35. The highest BCUT2D eigenvalue weighted by Gasteiger charge is 2.54. The number of hydrogen-bond acceptors (Lipinski definition) is 2. The van der Waals surface area contributed by atoms with Crippen LogP contribution in [-0.4, -0.2) is 22.7 Å². The quantitative estimate of drug-likeness (QED) is 0.546. The zero-order valence-electron chi connectivity index (χ0n) is 7.51. The molecule has 2 atom stereocenters. The van der Waals surface area contributed by atoms with Crippen molar-refractivity contribution >= 4 is 0 Å². The van der Waals surface area contributed by atoms with Crippen molar-refractivity contribution in [2.24, 2.45) is 0 Å². The first-order chi connectivity index (χ1) is 4.46. The molecule has 1 aliphatic heterocycles. The Bertz CT molecular complexity index is 131. The maximum Gasteiger partial charge on any atom is 0.0737 e. The van der Waals surface area contributed by atoms with Gasteiger partial charge in [0, 0.05) is 0 Å². The Morgan fingerprint density at radius 3 is 1.90 bits per heavy atom. The summed E-state index contributed by atoms with van der Waals surface area (Å²) in [7, 11) is 0. The van der Waals surface area contributed by atoms with Crippen LogP contribution in [0.2, 0.25) is 0 Å². The van der Waals surface area contributed by atoms with E-state index in [-0.39, 0.29) is 5.54 Å². The Hall–Kier alpha value is -0.0800. The van der Waals surface area contributed by atoms with Gasteiger partial charge >= 0.3 is 0 Å². The lowest BCUT2D eigenvalue weighted by Crippen LogP contribution is -2.14. The molecule has 2 heteroatoms. The van der Waals surface area contributed by atoms with E-state index >= 15 is 0 Å². The molecule has 1 rings (SSSR count). The Kier molecular flexibility index (Phi) is 1.77. The molecule has 2 unspecified atom stereocenters. The fourth-order valence-electron chi connectivity index (χ4n) is 1.10. The van der Waals surface area contributed by atoms with Crippen molar-refractivity contribution in [3.63, 3.8) is 0 Å². The normalized spacial score (nSPS) is 36.6. The van der Waals surface area contributed by atoms with Gasteiger partial charge in [-0.15, -0.1) is 0 Å². The minimum absolute atomic E-state index is 0.268. The van der Waals surface area contributed by atoms with E-state index in [2.05, 4.69) is 39.7 Å². The number of nitrogens with zero attached hydrogens (tertiary/aromatic N) is 1. The zero-order chi connectivity index (χ0) is 7.94. The van der Waals surface area contributed by atoms with Gasteiger partial charge in [-0.3, -0.25) is 4.84 Å². The maximum atomic E-state index is 5.52. The van der Waals surface area contributed by atoms with Gasteiger partial charge in [0.05, 0.1) is 17.7 Å².